The number of aliphatic hydroxyl groups is 1. The minimum Gasteiger partial charge on any atom is -0.385 e. The quantitative estimate of drug-likeness (QED) is 0.868. The molecule has 1 unspecified atom stereocenters. The van der Waals surface area contributed by atoms with Crippen molar-refractivity contribution in [3.63, 3.8) is 0 Å². The fourth-order valence-corrected chi connectivity index (χ4v) is 2.42. The van der Waals surface area contributed by atoms with E-state index in [4.69, 9.17) is 0 Å². The lowest BCUT2D eigenvalue weighted by Crippen LogP contribution is -2.24. The maximum Gasteiger partial charge on any atom is 0.0900 e. The summed E-state index contributed by atoms with van der Waals surface area (Å²) in [6.07, 6.45) is 4.28. The Balaban J connectivity index is 2.61. The lowest BCUT2D eigenvalue weighted by molar-refractivity contribution is 0.0240. The smallest absolute Gasteiger partial charge is 0.0900 e. The van der Waals surface area contributed by atoms with Crippen LogP contribution in [-0.2, 0) is 5.60 Å². The van der Waals surface area contributed by atoms with Gasteiger partial charge in [-0.1, -0.05) is 38.5 Å². The first-order chi connectivity index (χ1) is 8.21. The van der Waals surface area contributed by atoms with Gasteiger partial charge in [-0.3, -0.25) is 4.98 Å². The van der Waals surface area contributed by atoms with Crippen molar-refractivity contribution in [1.29, 1.82) is 0 Å². The molecule has 1 N–H and O–H groups in total. The molecule has 0 fully saturated rings. The van der Waals surface area contributed by atoms with Crippen molar-refractivity contribution >= 4 is 10.9 Å². The molecule has 0 aliphatic carbocycles. The van der Waals surface area contributed by atoms with E-state index in [0.29, 0.717) is 0 Å². The van der Waals surface area contributed by atoms with Gasteiger partial charge in [-0.25, -0.2) is 0 Å². The molecule has 1 aromatic heterocycles. The molecule has 2 heteroatoms. The Morgan fingerprint density at radius 3 is 2.65 bits per heavy atom. The molecule has 0 aliphatic heterocycles. The molecule has 2 rings (SSSR count). The summed E-state index contributed by atoms with van der Waals surface area (Å²) in [6.45, 7) is 4.13. The van der Waals surface area contributed by atoms with Crippen LogP contribution < -0.4 is 0 Å². The largest absolute Gasteiger partial charge is 0.385 e. The standard InChI is InChI=1S/C15H19NO/c1-3-10-15(17,4-2)13-9-11-16-14-8-6-5-7-12(13)14/h5-9,11,17H,3-4,10H2,1-2H3. The van der Waals surface area contributed by atoms with Crippen LogP contribution in [0.4, 0.5) is 0 Å². The Labute approximate surface area is 102 Å². The highest BCUT2D eigenvalue weighted by Gasteiger charge is 2.27. The number of nitrogens with zero attached hydrogens (tertiary/aromatic N) is 1. The lowest BCUT2D eigenvalue weighted by atomic mass is 9.85. The second-order valence-corrected chi connectivity index (χ2v) is 4.51. The molecule has 2 nitrogen and oxygen atoms in total. The predicted molar refractivity (Wildman–Crippen MR) is 70.8 cm³/mol. The minimum atomic E-state index is -0.725. The monoisotopic (exact) mass is 229 g/mol. The van der Waals surface area contributed by atoms with E-state index in [1.54, 1.807) is 6.20 Å². The SMILES string of the molecule is CCCC(O)(CC)c1ccnc2ccccc12. The summed E-state index contributed by atoms with van der Waals surface area (Å²) in [5.74, 6) is 0. The second kappa shape index (κ2) is 4.84. The molecule has 0 saturated heterocycles. The molecule has 17 heavy (non-hydrogen) atoms. The van der Waals surface area contributed by atoms with Gasteiger partial charge in [0.1, 0.15) is 0 Å². The Kier molecular flexibility index (Phi) is 3.43. The third-order valence-electron chi connectivity index (χ3n) is 3.40. The van der Waals surface area contributed by atoms with Crippen LogP contribution >= 0.6 is 0 Å². The van der Waals surface area contributed by atoms with Crippen LogP contribution in [0.25, 0.3) is 10.9 Å². The average molecular weight is 229 g/mol. The van der Waals surface area contributed by atoms with E-state index in [0.717, 1.165) is 35.7 Å². The number of aromatic nitrogens is 1. The number of hydrogen-bond acceptors (Lipinski definition) is 2. The van der Waals surface area contributed by atoms with Crippen molar-refractivity contribution in [1.82, 2.24) is 4.98 Å². The van der Waals surface area contributed by atoms with Crippen LogP contribution in [0.1, 0.15) is 38.7 Å². The van der Waals surface area contributed by atoms with Crippen LogP contribution in [-0.4, -0.2) is 10.1 Å². The van der Waals surface area contributed by atoms with E-state index >= 15 is 0 Å². The zero-order chi connectivity index (χ0) is 12.3. The van der Waals surface area contributed by atoms with Crippen molar-refractivity contribution in [3.8, 4) is 0 Å². The van der Waals surface area contributed by atoms with E-state index < -0.39 is 5.60 Å². The molecule has 90 valence electrons. The third-order valence-corrected chi connectivity index (χ3v) is 3.40. The van der Waals surface area contributed by atoms with Gasteiger partial charge in [0, 0.05) is 11.6 Å². The normalized spacial score (nSPS) is 14.8. The number of pyridine rings is 1. The Bertz CT molecular complexity index is 504. The zero-order valence-electron chi connectivity index (χ0n) is 10.5. The number of hydrogen-bond donors (Lipinski definition) is 1. The first-order valence-corrected chi connectivity index (χ1v) is 6.28. The zero-order valence-corrected chi connectivity index (χ0v) is 10.5. The van der Waals surface area contributed by atoms with E-state index in [-0.39, 0.29) is 0 Å². The summed E-state index contributed by atoms with van der Waals surface area (Å²) in [7, 11) is 0. The van der Waals surface area contributed by atoms with Crippen LogP contribution in [0.15, 0.2) is 36.5 Å². The average Bonchev–Trinajstić information content (AvgIpc) is 2.38. The van der Waals surface area contributed by atoms with E-state index in [1.807, 2.05) is 37.3 Å². The van der Waals surface area contributed by atoms with E-state index in [2.05, 4.69) is 11.9 Å². The fourth-order valence-electron chi connectivity index (χ4n) is 2.42. The highest BCUT2D eigenvalue weighted by atomic mass is 16.3. The van der Waals surface area contributed by atoms with Gasteiger partial charge in [-0.15, -0.1) is 0 Å². The molecular weight excluding hydrogens is 210 g/mol. The molecule has 1 heterocycles. The van der Waals surface area contributed by atoms with Crippen molar-refractivity contribution in [2.75, 3.05) is 0 Å². The van der Waals surface area contributed by atoms with Gasteiger partial charge in [-0.05, 0) is 30.5 Å². The van der Waals surface area contributed by atoms with Gasteiger partial charge in [0.05, 0.1) is 11.1 Å². The summed E-state index contributed by atoms with van der Waals surface area (Å²) < 4.78 is 0. The van der Waals surface area contributed by atoms with Gasteiger partial charge in [0.25, 0.3) is 0 Å². The van der Waals surface area contributed by atoms with Gasteiger partial charge in [0.15, 0.2) is 0 Å². The van der Waals surface area contributed by atoms with E-state index in [9.17, 15) is 5.11 Å². The summed E-state index contributed by atoms with van der Waals surface area (Å²) in [5.41, 5.74) is 1.23. The summed E-state index contributed by atoms with van der Waals surface area (Å²) in [4.78, 5) is 4.34. The molecular formula is C15H19NO. The maximum atomic E-state index is 10.8. The Hall–Kier alpha value is -1.41. The first kappa shape index (κ1) is 12.1. The maximum absolute atomic E-state index is 10.8. The molecule has 0 bridgehead atoms. The summed E-state index contributed by atoms with van der Waals surface area (Å²) >= 11 is 0. The molecule has 0 saturated carbocycles. The number of fused-ring (bicyclic) bond motifs is 1. The molecule has 0 spiro atoms. The molecule has 1 atom stereocenters. The van der Waals surface area contributed by atoms with Gasteiger partial charge in [-0.2, -0.15) is 0 Å². The molecule has 1 aromatic carbocycles. The highest BCUT2D eigenvalue weighted by molar-refractivity contribution is 5.82. The van der Waals surface area contributed by atoms with Crippen molar-refractivity contribution in [3.05, 3.63) is 42.1 Å². The van der Waals surface area contributed by atoms with Crippen LogP contribution in [0.2, 0.25) is 0 Å². The van der Waals surface area contributed by atoms with Crippen molar-refractivity contribution in [2.45, 2.75) is 38.7 Å². The fraction of sp³-hybridized carbons (Fsp3) is 0.400. The lowest BCUT2D eigenvalue weighted by Gasteiger charge is -2.28. The summed E-state index contributed by atoms with van der Waals surface area (Å²) in [5, 5.41) is 11.8. The van der Waals surface area contributed by atoms with Gasteiger partial charge >= 0.3 is 0 Å². The molecule has 2 aromatic rings. The predicted octanol–water partition coefficient (Wildman–Crippen LogP) is 3.63. The van der Waals surface area contributed by atoms with Gasteiger partial charge in [0.2, 0.25) is 0 Å². The van der Waals surface area contributed by atoms with Crippen molar-refractivity contribution in [2.24, 2.45) is 0 Å². The topological polar surface area (TPSA) is 33.1 Å². The molecule has 0 aliphatic rings. The summed E-state index contributed by atoms with van der Waals surface area (Å²) in [6, 6.07) is 9.94. The van der Waals surface area contributed by atoms with Crippen LogP contribution in [0, 0.1) is 0 Å². The number of para-hydroxylation sites is 1. The first-order valence-electron chi connectivity index (χ1n) is 6.28. The van der Waals surface area contributed by atoms with Crippen LogP contribution in [0.5, 0.6) is 0 Å². The Morgan fingerprint density at radius 2 is 1.94 bits per heavy atom. The minimum absolute atomic E-state index is 0.725. The Morgan fingerprint density at radius 1 is 1.18 bits per heavy atom. The number of rotatable bonds is 4. The van der Waals surface area contributed by atoms with Crippen molar-refractivity contribution < 1.29 is 5.11 Å². The van der Waals surface area contributed by atoms with Crippen LogP contribution in [0.3, 0.4) is 0 Å². The third kappa shape index (κ3) is 2.18. The second-order valence-electron chi connectivity index (χ2n) is 4.51. The molecule has 0 radical (unpaired) electrons. The van der Waals surface area contributed by atoms with E-state index in [1.165, 1.54) is 0 Å². The number of benzene rings is 1. The highest BCUT2D eigenvalue weighted by Crippen LogP contribution is 2.34. The molecule has 0 amide bonds. The van der Waals surface area contributed by atoms with Gasteiger partial charge < -0.3 is 5.11 Å².